The van der Waals surface area contributed by atoms with Crippen LogP contribution in [0.5, 0.6) is 0 Å². The predicted molar refractivity (Wildman–Crippen MR) is 69.3 cm³/mol. The Morgan fingerprint density at radius 1 is 1.47 bits per heavy atom. The Bertz CT molecular complexity index is 383. The number of anilines is 1. The smallest absolute Gasteiger partial charge is 0.252 e. The Balaban J connectivity index is 2.44. The number of nitrogens with one attached hydrogen (secondary N) is 1. The second-order valence-corrected chi connectivity index (χ2v) is 4.10. The van der Waals surface area contributed by atoms with E-state index in [1.807, 2.05) is 0 Å². The van der Waals surface area contributed by atoms with E-state index < -0.39 is 0 Å². The third-order valence-corrected chi connectivity index (χ3v) is 2.63. The number of halogens is 1. The van der Waals surface area contributed by atoms with Crippen LogP contribution in [0, 0.1) is 0 Å². The van der Waals surface area contributed by atoms with E-state index in [4.69, 9.17) is 22.1 Å². The fourth-order valence-corrected chi connectivity index (χ4v) is 1.59. The lowest BCUT2D eigenvalue weighted by atomic mass is 10.2. The molecular formula is C12H17ClN2O2. The average Bonchev–Trinajstić information content (AvgIpc) is 2.32. The van der Waals surface area contributed by atoms with Gasteiger partial charge in [0.15, 0.2) is 0 Å². The topological polar surface area (TPSA) is 64.3 Å². The summed E-state index contributed by atoms with van der Waals surface area (Å²) in [6.45, 7) is 1.31. The van der Waals surface area contributed by atoms with Crippen LogP contribution in [0.1, 0.15) is 23.2 Å². The molecule has 0 aliphatic rings. The van der Waals surface area contributed by atoms with Crippen LogP contribution in [-0.4, -0.2) is 26.2 Å². The maximum atomic E-state index is 11.8. The SMILES string of the molecule is COCCCCNC(=O)c1cc(N)ccc1Cl. The van der Waals surface area contributed by atoms with Crippen molar-refractivity contribution in [3.63, 3.8) is 0 Å². The lowest BCUT2D eigenvalue weighted by Gasteiger charge is -2.07. The first-order valence-corrected chi connectivity index (χ1v) is 5.85. The maximum absolute atomic E-state index is 11.8. The largest absolute Gasteiger partial charge is 0.399 e. The van der Waals surface area contributed by atoms with E-state index in [2.05, 4.69) is 5.32 Å². The van der Waals surface area contributed by atoms with Crippen LogP contribution in [-0.2, 0) is 4.74 Å². The molecule has 4 nitrogen and oxygen atoms in total. The van der Waals surface area contributed by atoms with Gasteiger partial charge in [0.1, 0.15) is 0 Å². The van der Waals surface area contributed by atoms with Gasteiger partial charge in [-0.15, -0.1) is 0 Å². The van der Waals surface area contributed by atoms with Crippen LogP contribution in [0.15, 0.2) is 18.2 Å². The lowest BCUT2D eigenvalue weighted by Crippen LogP contribution is -2.25. The molecule has 3 N–H and O–H groups in total. The highest BCUT2D eigenvalue weighted by Crippen LogP contribution is 2.18. The van der Waals surface area contributed by atoms with Crippen molar-refractivity contribution in [2.45, 2.75) is 12.8 Å². The standard InChI is InChI=1S/C12H17ClN2O2/c1-17-7-3-2-6-15-12(16)10-8-9(14)4-5-11(10)13/h4-5,8H,2-3,6-7,14H2,1H3,(H,15,16). The second-order valence-electron chi connectivity index (χ2n) is 3.70. The molecule has 0 heterocycles. The Hall–Kier alpha value is -1.26. The van der Waals surface area contributed by atoms with E-state index in [-0.39, 0.29) is 5.91 Å². The number of hydrogen-bond donors (Lipinski definition) is 2. The van der Waals surface area contributed by atoms with Crippen LogP contribution < -0.4 is 11.1 Å². The summed E-state index contributed by atoms with van der Waals surface area (Å²) < 4.78 is 4.92. The number of carbonyl (C=O) groups is 1. The fourth-order valence-electron chi connectivity index (χ4n) is 1.39. The number of hydrogen-bond acceptors (Lipinski definition) is 3. The molecule has 1 rings (SSSR count). The first-order valence-electron chi connectivity index (χ1n) is 5.47. The van der Waals surface area contributed by atoms with Gasteiger partial charge in [0.05, 0.1) is 10.6 Å². The molecule has 0 radical (unpaired) electrons. The zero-order chi connectivity index (χ0) is 12.7. The van der Waals surface area contributed by atoms with E-state index >= 15 is 0 Å². The van der Waals surface area contributed by atoms with Crippen LogP contribution in [0.2, 0.25) is 5.02 Å². The number of amides is 1. The monoisotopic (exact) mass is 256 g/mol. The summed E-state index contributed by atoms with van der Waals surface area (Å²) in [7, 11) is 1.66. The van der Waals surface area contributed by atoms with Crippen molar-refractivity contribution in [1.29, 1.82) is 0 Å². The summed E-state index contributed by atoms with van der Waals surface area (Å²) in [4.78, 5) is 11.8. The van der Waals surface area contributed by atoms with Gasteiger partial charge in [0.25, 0.3) is 5.91 Å². The molecule has 0 saturated heterocycles. The quantitative estimate of drug-likeness (QED) is 0.605. The van der Waals surface area contributed by atoms with E-state index in [9.17, 15) is 4.79 Å². The van der Waals surface area contributed by atoms with E-state index in [0.717, 1.165) is 12.8 Å². The van der Waals surface area contributed by atoms with E-state index in [1.165, 1.54) is 0 Å². The summed E-state index contributed by atoms with van der Waals surface area (Å²) in [6, 6.07) is 4.86. The number of nitrogen functional groups attached to an aromatic ring is 1. The average molecular weight is 257 g/mol. The Labute approximate surface area is 106 Å². The molecule has 0 atom stereocenters. The van der Waals surface area contributed by atoms with E-state index in [0.29, 0.717) is 29.4 Å². The van der Waals surface area contributed by atoms with Crippen LogP contribution in [0.3, 0.4) is 0 Å². The summed E-state index contributed by atoms with van der Waals surface area (Å²) >= 11 is 5.92. The summed E-state index contributed by atoms with van der Waals surface area (Å²) in [6.07, 6.45) is 1.79. The molecule has 0 spiro atoms. The Kier molecular flexibility index (Phi) is 5.80. The Morgan fingerprint density at radius 2 is 2.24 bits per heavy atom. The first-order chi connectivity index (χ1) is 8.15. The van der Waals surface area contributed by atoms with Crippen molar-refractivity contribution in [2.75, 3.05) is 26.0 Å². The van der Waals surface area contributed by atoms with Crippen LogP contribution in [0.4, 0.5) is 5.69 Å². The highest BCUT2D eigenvalue weighted by atomic mass is 35.5. The van der Waals surface area contributed by atoms with Gasteiger partial charge in [-0.2, -0.15) is 0 Å². The highest BCUT2D eigenvalue weighted by molar-refractivity contribution is 6.34. The third kappa shape index (κ3) is 4.63. The van der Waals surface area contributed by atoms with Crippen molar-refractivity contribution in [2.24, 2.45) is 0 Å². The third-order valence-electron chi connectivity index (χ3n) is 2.30. The normalized spacial score (nSPS) is 10.2. The molecular weight excluding hydrogens is 240 g/mol. The summed E-state index contributed by atoms with van der Waals surface area (Å²) in [5.41, 5.74) is 6.55. The maximum Gasteiger partial charge on any atom is 0.252 e. The molecule has 0 aliphatic heterocycles. The zero-order valence-electron chi connectivity index (χ0n) is 9.83. The van der Waals surface area contributed by atoms with Gasteiger partial charge in [0, 0.05) is 25.9 Å². The van der Waals surface area contributed by atoms with Crippen molar-refractivity contribution in [3.8, 4) is 0 Å². The number of unbranched alkanes of at least 4 members (excludes halogenated alkanes) is 1. The molecule has 0 saturated carbocycles. The van der Waals surface area contributed by atoms with Crippen molar-refractivity contribution >= 4 is 23.2 Å². The minimum Gasteiger partial charge on any atom is -0.399 e. The molecule has 1 aromatic rings. The fraction of sp³-hybridized carbons (Fsp3) is 0.417. The first kappa shape index (κ1) is 13.8. The van der Waals surface area contributed by atoms with Gasteiger partial charge in [-0.3, -0.25) is 4.79 Å². The molecule has 0 bridgehead atoms. The number of benzene rings is 1. The van der Waals surface area contributed by atoms with Gasteiger partial charge in [-0.05, 0) is 31.0 Å². The van der Waals surface area contributed by atoms with Crippen molar-refractivity contribution < 1.29 is 9.53 Å². The van der Waals surface area contributed by atoms with Crippen LogP contribution in [0.25, 0.3) is 0 Å². The van der Waals surface area contributed by atoms with Crippen molar-refractivity contribution in [3.05, 3.63) is 28.8 Å². The number of methoxy groups -OCH3 is 1. The molecule has 17 heavy (non-hydrogen) atoms. The molecule has 1 aromatic carbocycles. The lowest BCUT2D eigenvalue weighted by molar-refractivity contribution is 0.0951. The minimum absolute atomic E-state index is 0.195. The predicted octanol–water partition coefficient (Wildman–Crippen LogP) is 2.08. The molecule has 94 valence electrons. The molecule has 1 amide bonds. The number of carbonyl (C=O) groups excluding carboxylic acids is 1. The van der Waals surface area contributed by atoms with Gasteiger partial charge >= 0.3 is 0 Å². The highest BCUT2D eigenvalue weighted by Gasteiger charge is 2.09. The molecule has 0 aromatic heterocycles. The van der Waals surface area contributed by atoms with Gasteiger partial charge < -0.3 is 15.8 Å². The zero-order valence-corrected chi connectivity index (χ0v) is 10.6. The molecule has 0 unspecified atom stereocenters. The number of ether oxygens (including phenoxy) is 1. The van der Waals surface area contributed by atoms with Gasteiger partial charge in [-0.1, -0.05) is 11.6 Å². The minimum atomic E-state index is -0.195. The van der Waals surface area contributed by atoms with E-state index in [1.54, 1.807) is 25.3 Å². The van der Waals surface area contributed by atoms with Crippen molar-refractivity contribution in [1.82, 2.24) is 5.32 Å². The molecule has 5 heteroatoms. The summed E-state index contributed by atoms with van der Waals surface area (Å²) in [5.74, 6) is -0.195. The van der Waals surface area contributed by atoms with Gasteiger partial charge in [0.2, 0.25) is 0 Å². The van der Waals surface area contributed by atoms with Crippen LogP contribution >= 0.6 is 11.6 Å². The Morgan fingerprint density at radius 3 is 2.94 bits per heavy atom. The summed E-state index contributed by atoms with van der Waals surface area (Å²) in [5, 5.41) is 3.20. The number of rotatable bonds is 6. The number of nitrogens with two attached hydrogens (primary N) is 1. The second kappa shape index (κ2) is 7.14. The van der Waals surface area contributed by atoms with Gasteiger partial charge in [-0.25, -0.2) is 0 Å². The molecule has 0 aliphatic carbocycles. The molecule has 0 fully saturated rings.